The molecule has 0 aromatic heterocycles. The van der Waals surface area contributed by atoms with Crippen LogP contribution in [-0.4, -0.2) is 25.5 Å². The molecule has 0 saturated heterocycles. The number of unbranched alkanes of at least 4 members (excludes halogenated alkanes) is 1. The highest BCUT2D eigenvalue weighted by Crippen LogP contribution is 1.87. The van der Waals surface area contributed by atoms with Crippen molar-refractivity contribution in [2.75, 3.05) is 13.2 Å². The molecule has 0 aromatic carbocycles. The van der Waals surface area contributed by atoms with Gasteiger partial charge in [-0.05, 0) is 6.42 Å². The average Bonchev–Trinajstić information content (AvgIpc) is 1.98. The minimum atomic E-state index is -0.447. The van der Waals surface area contributed by atoms with E-state index in [0.717, 1.165) is 12.8 Å². The van der Waals surface area contributed by atoms with Gasteiger partial charge in [-0.25, -0.2) is 0 Å². The van der Waals surface area contributed by atoms with E-state index in [9.17, 15) is 4.79 Å². The number of carbonyl (C=O) groups excluding carboxylic acids is 1. The topological polar surface area (TPSA) is 52.3 Å². The maximum Gasteiger partial charge on any atom is 0.139 e. The molecule has 0 aliphatic heterocycles. The van der Waals surface area contributed by atoms with Gasteiger partial charge in [0.2, 0.25) is 0 Å². The van der Waals surface area contributed by atoms with Crippen LogP contribution in [0.3, 0.4) is 0 Å². The smallest absolute Gasteiger partial charge is 0.139 e. The van der Waals surface area contributed by atoms with Crippen molar-refractivity contribution in [3.05, 3.63) is 0 Å². The Labute approximate surface area is 61.5 Å². The molecule has 0 saturated carbocycles. The van der Waals surface area contributed by atoms with Gasteiger partial charge in [0.05, 0.1) is 12.6 Å². The molecule has 1 atom stereocenters. The van der Waals surface area contributed by atoms with Crippen LogP contribution < -0.4 is 5.73 Å². The molecule has 2 N–H and O–H groups in total. The van der Waals surface area contributed by atoms with Gasteiger partial charge in [0.1, 0.15) is 6.29 Å². The molecular weight excluding hydrogens is 130 g/mol. The molecule has 0 aromatic rings. The van der Waals surface area contributed by atoms with E-state index in [1.54, 1.807) is 0 Å². The van der Waals surface area contributed by atoms with E-state index in [1.807, 2.05) is 0 Å². The second-order valence-corrected chi connectivity index (χ2v) is 2.23. The maximum absolute atomic E-state index is 9.96. The largest absolute Gasteiger partial charge is 0.379 e. The van der Waals surface area contributed by atoms with Crippen LogP contribution in [0.5, 0.6) is 0 Å². The fourth-order valence-corrected chi connectivity index (χ4v) is 0.505. The summed E-state index contributed by atoms with van der Waals surface area (Å²) in [5.41, 5.74) is 5.26. The van der Waals surface area contributed by atoms with Crippen molar-refractivity contribution in [1.82, 2.24) is 0 Å². The lowest BCUT2D eigenvalue weighted by Crippen LogP contribution is -2.27. The van der Waals surface area contributed by atoms with E-state index in [0.29, 0.717) is 19.5 Å². The molecule has 0 rings (SSSR count). The van der Waals surface area contributed by atoms with Crippen molar-refractivity contribution in [2.24, 2.45) is 5.73 Å². The normalized spacial score (nSPS) is 13.0. The van der Waals surface area contributed by atoms with Crippen molar-refractivity contribution in [3.63, 3.8) is 0 Å². The lowest BCUT2D eigenvalue weighted by Gasteiger charge is -2.03. The molecular formula is C7H15NO2. The van der Waals surface area contributed by atoms with Crippen molar-refractivity contribution in [3.8, 4) is 0 Å². The Morgan fingerprint density at radius 3 is 2.90 bits per heavy atom. The van der Waals surface area contributed by atoms with Gasteiger partial charge in [0, 0.05) is 6.61 Å². The van der Waals surface area contributed by atoms with Crippen LogP contribution in [0.2, 0.25) is 0 Å². The molecule has 0 heterocycles. The Kier molecular flexibility index (Phi) is 6.43. The van der Waals surface area contributed by atoms with Crippen LogP contribution in [0.15, 0.2) is 0 Å². The Morgan fingerprint density at radius 1 is 1.70 bits per heavy atom. The molecule has 3 nitrogen and oxygen atoms in total. The summed E-state index contributed by atoms with van der Waals surface area (Å²) in [6, 6.07) is -0.447. The number of rotatable bonds is 6. The maximum atomic E-state index is 9.96. The van der Waals surface area contributed by atoms with Gasteiger partial charge in [-0.1, -0.05) is 13.3 Å². The van der Waals surface area contributed by atoms with Crippen LogP contribution >= 0.6 is 0 Å². The second-order valence-electron chi connectivity index (χ2n) is 2.23. The van der Waals surface area contributed by atoms with E-state index in [1.165, 1.54) is 0 Å². The number of carbonyl (C=O) groups is 1. The predicted octanol–water partition coefficient (Wildman–Crippen LogP) is 0.329. The summed E-state index contributed by atoms with van der Waals surface area (Å²) >= 11 is 0. The van der Waals surface area contributed by atoms with E-state index in [-0.39, 0.29) is 0 Å². The van der Waals surface area contributed by atoms with Crippen LogP contribution in [0.4, 0.5) is 0 Å². The van der Waals surface area contributed by atoms with E-state index in [4.69, 9.17) is 10.5 Å². The summed E-state index contributed by atoms with van der Waals surface area (Å²) in [6.07, 6.45) is 2.84. The summed E-state index contributed by atoms with van der Waals surface area (Å²) in [7, 11) is 0. The molecule has 0 radical (unpaired) electrons. The second kappa shape index (κ2) is 6.71. The third-order valence-corrected chi connectivity index (χ3v) is 1.13. The summed E-state index contributed by atoms with van der Waals surface area (Å²) in [5, 5.41) is 0. The molecule has 0 bridgehead atoms. The molecule has 10 heavy (non-hydrogen) atoms. The molecule has 60 valence electrons. The summed E-state index contributed by atoms with van der Waals surface area (Å²) in [5.74, 6) is 0. The molecule has 0 spiro atoms. The molecule has 0 aliphatic carbocycles. The van der Waals surface area contributed by atoms with Crippen molar-refractivity contribution in [1.29, 1.82) is 0 Å². The molecule has 0 aliphatic rings. The first kappa shape index (κ1) is 9.59. The lowest BCUT2D eigenvalue weighted by atomic mass is 10.3. The van der Waals surface area contributed by atoms with Gasteiger partial charge in [-0.2, -0.15) is 0 Å². The Bertz CT molecular complexity index is 85.7. The van der Waals surface area contributed by atoms with Gasteiger partial charge < -0.3 is 15.3 Å². The van der Waals surface area contributed by atoms with Gasteiger partial charge in [0.25, 0.3) is 0 Å². The first-order chi connectivity index (χ1) is 4.81. The number of aldehydes is 1. The van der Waals surface area contributed by atoms with Gasteiger partial charge in [-0.3, -0.25) is 0 Å². The van der Waals surface area contributed by atoms with Crippen LogP contribution in [0.1, 0.15) is 19.8 Å². The number of nitrogens with two attached hydrogens (primary N) is 1. The molecule has 0 unspecified atom stereocenters. The third-order valence-electron chi connectivity index (χ3n) is 1.13. The summed E-state index contributed by atoms with van der Waals surface area (Å²) < 4.78 is 5.07. The highest BCUT2D eigenvalue weighted by atomic mass is 16.5. The molecule has 0 amide bonds. The van der Waals surface area contributed by atoms with E-state index in [2.05, 4.69) is 6.92 Å². The highest BCUT2D eigenvalue weighted by molar-refractivity contribution is 5.56. The summed E-state index contributed by atoms with van der Waals surface area (Å²) in [4.78, 5) is 9.96. The SMILES string of the molecule is CCCCOC[C@H](N)C=O. The van der Waals surface area contributed by atoms with Gasteiger partial charge >= 0.3 is 0 Å². The molecule has 0 fully saturated rings. The minimum absolute atomic E-state index is 0.351. The number of hydrogen-bond acceptors (Lipinski definition) is 3. The Hall–Kier alpha value is -0.410. The first-order valence-electron chi connectivity index (χ1n) is 3.60. The van der Waals surface area contributed by atoms with Gasteiger partial charge in [-0.15, -0.1) is 0 Å². The third kappa shape index (κ3) is 5.72. The Balaban J connectivity index is 2.95. The average molecular weight is 145 g/mol. The lowest BCUT2D eigenvalue weighted by molar-refractivity contribution is -0.110. The monoisotopic (exact) mass is 145 g/mol. The zero-order chi connectivity index (χ0) is 7.82. The fraction of sp³-hybridized carbons (Fsp3) is 0.857. The Morgan fingerprint density at radius 2 is 2.40 bits per heavy atom. The van der Waals surface area contributed by atoms with Gasteiger partial charge in [0.15, 0.2) is 0 Å². The van der Waals surface area contributed by atoms with Crippen molar-refractivity contribution in [2.45, 2.75) is 25.8 Å². The van der Waals surface area contributed by atoms with Crippen LogP contribution in [0, 0.1) is 0 Å². The van der Waals surface area contributed by atoms with E-state index < -0.39 is 6.04 Å². The quantitative estimate of drug-likeness (QED) is 0.433. The first-order valence-corrected chi connectivity index (χ1v) is 3.60. The van der Waals surface area contributed by atoms with Crippen LogP contribution in [0.25, 0.3) is 0 Å². The number of hydrogen-bond donors (Lipinski definition) is 1. The zero-order valence-electron chi connectivity index (χ0n) is 6.38. The fourth-order valence-electron chi connectivity index (χ4n) is 0.505. The van der Waals surface area contributed by atoms with Crippen LogP contribution in [-0.2, 0) is 9.53 Å². The standard InChI is InChI=1S/C7H15NO2/c1-2-3-4-10-6-7(8)5-9/h5,7H,2-4,6,8H2,1H3/t7-/m1/s1. The van der Waals surface area contributed by atoms with Crippen molar-refractivity contribution < 1.29 is 9.53 Å². The molecule has 3 heteroatoms. The minimum Gasteiger partial charge on any atom is -0.379 e. The highest BCUT2D eigenvalue weighted by Gasteiger charge is 1.97. The summed E-state index contributed by atoms with van der Waals surface area (Å²) in [6.45, 7) is 3.14. The van der Waals surface area contributed by atoms with Crippen molar-refractivity contribution >= 4 is 6.29 Å². The number of ether oxygens (including phenoxy) is 1. The predicted molar refractivity (Wildman–Crippen MR) is 39.8 cm³/mol. The van der Waals surface area contributed by atoms with E-state index >= 15 is 0 Å². The zero-order valence-corrected chi connectivity index (χ0v) is 6.38.